The monoisotopic (exact) mass is 273 g/mol. The van der Waals surface area contributed by atoms with Crippen LogP contribution in [0.25, 0.3) is 0 Å². The van der Waals surface area contributed by atoms with Crippen molar-refractivity contribution >= 4 is 5.69 Å². The van der Waals surface area contributed by atoms with Crippen molar-refractivity contribution in [1.29, 1.82) is 0 Å². The third-order valence-corrected chi connectivity index (χ3v) is 3.14. The molecule has 2 rings (SSSR count). The van der Waals surface area contributed by atoms with E-state index in [2.05, 4.69) is 5.32 Å². The standard InChI is InChI=1S/C16H19NO3/c1-11(17-12-5-4-6-13(18)9-12)15-8-7-14(19-2)10-16(15)20-3/h4-11,17-18H,1-3H3. The molecule has 0 aromatic heterocycles. The summed E-state index contributed by atoms with van der Waals surface area (Å²) in [7, 11) is 3.27. The van der Waals surface area contributed by atoms with E-state index >= 15 is 0 Å². The first-order valence-electron chi connectivity index (χ1n) is 6.41. The number of hydrogen-bond acceptors (Lipinski definition) is 4. The van der Waals surface area contributed by atoms with Crippen LogP contribution in [0, 0.1) is 0 Å². The fourth-order valence-corrected chi connectivity index (χ4v) is 2.10. The molecule has 2 aromatic rings. The normalized spacial score (nSPS) is 11.8. The van der Waals surface area contributed by atoms with Crippen LogP contribution in [0.2, 0.25) is 0 Å². The minimum Gasteiger partial charge on any atom is -0.508 e. The highest BCUT2D eigenvalue weighted by molar-refractivity contribution is 5.51. The van der Waals surface area contributed by atoms with E-state index in [0.29, 0.717) is 0 Å². The second-order valence-corrected chi connectivity index (χ2v) is 4.52. The zero-order valence-electron chi connectivity index (χ0n) is 11.9. The van der Waals surface area contributed by atoms with Gasteiger partial charge in [-0.1, -0.05) is 6.07 Å². The van der Waals surface area contributed by atoms with Crippen molar-refractivity contribution in [3.63, 3.8) is 0 Å². The molecule has 0 fully saturated rings. The first-order chi connectivity index (χ1) is 9.63. The lowest BCUT2D eigenvalue weighted by Gasteiger charge is -2.19. The Morgan fingerprint density at radius 2 is 1.85 bits per heavy atom. The molecule has 0 spiro atoms. The zero-order valence-corrected chi connectivity index (χ0v) is 11.9. The van der Waals surface area contributed by atoms with Crippen LogP contribution < -0.4 is 14.8 Å². The smallest absolute Gasteiger partial charge is 0.127 e. The third kappa shape index (κ3) is 3.15. The molecule has 20 heavy (non-hydrogen) atoms. The summed E-state index contributed by atoms with van der Waals surface area (Å²) in [5.74, 6) is 1.77. The van der Waals surface area contributed by atoms with Crippen LogP contribution in [0.1, 0.15) is 18.5 Å². The number of ether oxygens (including phenoxy) is 2. The Kier molecular flexibility index (Phi) is 4.35. The van der Waals surface area contributed by atoms with Gasteiger partial charge in [0, 0.05) is 23.4 Å². The number of rotatable bonds is 5. The van der Waals surface area contributed by atoms with Gasteiger partial charge >= 0.3 is 0 Å². The number of benzene rings is 2. The first kappa shape index (κ1) is 14.1. The van der Waals surface area contributed by atoms with Crippen LogP contribution in [0.3, 0.4) is 0 Å². The SMILES string of the molecule is COc1ccc(C(C)Nc2cccc(O)c2)c(OC)c1. The maximum absolute atomic E-state index is 9.48. The molecule has 0 saturated carbocycles. The molecular weight excluding hydrogens is 254 g/mol. The molecule has 0 aliphatic heterocycles. The lowest BCUT2D eigenvalue weighted by atomic mass is 10.1. The lowest BCUT2D eigenvalue weighted by Crippen LogP contribution is -2.08. The summed E-state index contributed by atoms with van der Waals surface area (Å²) in [5, 5.41) is 12.8. The molecule has 0 aliphatic rings. The van der Waals surface area contributed by atoms with Gasteiger partial charge in [-0.05, 0) is 31.2 Å². The number of hydrogen-bond donors (Lipinski definition) is 2. The molecule has 2 N–H and O–H groups in total. The number of phenolic OH excluding ortho intramolecular Hbond substituents is 1. The maximum atomic E-state index is 9.48. The Balaban J connectivity index is 2.22. The first-order valence-corrected chi connectivity index (χ1v) is 6.41. The van der Waals surface area contributed by atoms with Crippen LogP contribution in [-0.2, 0) is 0 Å². The van der Waals surface area contributed by atoms with E-state index in [9.17, 15) is 5.11 Å². The number of anilines is 1. The Morgan fingerprint density at radius 1 is 1.05 bits per heavy atom. The quantitative estimate of drug-likeness (QED) is 0.874. The molecule has 4 heteroatoms. The van der Waals surface area contributed by atoms with Gasteiger partial charge in [-0.3, -0.25) is 0 Å². The van der Waals surface area contributed by atoms with Gasteiger partial charge in [0.2, 0.25) is 0 Å². The largest absolute Gasteiger partial charge is 0.508 e. The fraction of sp³-hybridized carbons (Fsp3) is 0.250. The maximum Gasteiger partial charge on any atom is 0.127 e. The van der Waals surface area contributed by atoms with Crippen LogP contribution in [0.5, 0.6) is 17.2 Å². The third-order valence-electron chi connectivity index (χ3n) is 3.14. The molecule has 0 aliphatic carbocycles. The van der Waals surface area contributed by atoms with Crippen molar-refractivity contribution in [3.8, 4) is 17.2 Å². The molecule has 0 bridgehead atoms. The van der Waals surface area contributed by atoms with Crippen molar-refractivity contribution in [2.45, 2.75) is 13.0 Å². The van der Waals surface area contributed by atoms with Gasteiger partial charge in [-0.2, -0.15) is 0 Å². The fourth-order valence-electron chi connectivity index (χ4n) is 2.10. The highest BCUT2D eigenvalue weighted by Crippen LogP contribution is 2.31. The van der Waals surface area contributed by atoms with Crippen LogP contribution >= 0.6 is 0 Å². The molecule has 1 unspecified atom stereocenters. The van der Waals surface area contributed by atoms with Gasteiger partial charge in [-0.15, -0.1) is 0 Å². The zero-order chi connectivity index (χ0) is 14.5. The summed E-state index contributed by atoms with van der Waals surface area (Å²) < 4.78 is 10.6. The molecule has 0 saturated heterocycles. The predicted molar refractivity (Wildman–Crippen MR) is 79.7 cm³/mol. The summed E-state index contributed by atoms with van der Waals surface area (Å²) in [5.41, 5.74) is 1.88. The predicted octanol–water partition coefficient (Wildman–Crippen LogP) is 3.58. The number of phenols is 1. The summed E-state index contributed by atoms with van der Waals surface area (Å²) in [6.45, 7) is 2.04. The average Bonchev–Trinajstić information content (AvgIpc) is 2.46. The van der Waals surface area contributed by atoms with E-state index in [1.807, 2.05) is 31.2 Å². The van der Waals surface area contributed by atoms with E-state index in [0.717, 1.165) is 22.7 Å². The minimum absolute atomic E-state index is 0.0395. The molecule has 106 valence electrons. The molecule has 1 atom stereocenters. The molecule has 0 radical (unpaired) electrons. The topological polar surface area (TPSA) is 50.7 Å². The average molecular weight is 273 g/mol. The van der Waals surface area contributed by atoms with Crippen LogP contribution in [0.15, 0.2) is 42.5 Å². The van der Waals surface area contributed by atoms with Crippen molar-refractivity contribution in [2.75, 3.05) is 19.5 Å². The van der Waals surface area contributed by atoms with Gasteiger partial charge in [0.05, 0.1) is 20.3 Å². The van der Waals surface area contributed by atoms with Gasteiger partial charge in [0.1, 0.15) is 17.2 Å². The van der Waals surface area contributed by atoms with Crippen molar-refractivity contribution in [1.82, 2.24) is 0 Å². The summed E-state index contributed by atoms with van der Waals surface area (Å²) in [6, 6.07) is 12.8. The van der Waals surface area contributed by atoms with Gasteiger partial charge in [0.25, 0.3) is 0 Å². The van der Waals surface area contributed by atoms with E-state index < -0.39 is 0 Å². The van der Waals surface area contributed by atoms with Crippen LogP contribution in [-0.4, -0.2) is 19.3 Å². The van der Waals surface area contributed by atoms with Crippen LogP contribution in [0.4, 0.5) is 5.69 Å². The number of nitrogens with one attached hydrogen (secondary N) is 1. The van der Waals surface area contributed by atoms with E-state index in [-0.39, 0.29) is 11.8 Å². The number of methoxy groups -OCH3 is 2. The number of aromatic hydroxyl groups is 1. The highest BCUT2D eigenvalue weighted by Gasteiger charge is 2.12. The van der Waals surface area contributed by atoms with E-state index in [1.165, 1.54) is 0 Å². The van der Waals surface area contributed by atoms with Gasteiger partial charge in [0.15, 0.2) is 0 Å². The lowest BCUT2D eigenvalue weighted by molar-refractivity contribution is 0.390. The van der Waals surface area contributed by atoms with Gasteiger partial charge in [-0.25, -0.2) is 0 Å². The Hall–Kier alpha value is -2.36. The minimum atomic E-state index is 0.0395. The van der Waals surface area contributed by atoms with Crippen molar-refractivity contribution in [3.05, 3.63) is 48.0 Å². The highest BCUT2D eigenvalue weighted by atomic mass is 16.5. The Morgan fingerprint density at radius 3 is 2.50 bits per heavy atom. The molecular formula is C16H19NO3. The van der Waals surface area contributed by atoms with E-state index in [4.69, 9.17) is 9.47 Å². The Bertz CT molecular complexity index is 584. The van der Waals surface area contributed by atoms with Gasteiger partial charge < -0.3 is 19.9 Å². The van der Waals surface area contributed by atoms with Crippen molar-refractivity contribution in [2.24, 2.45) is 0 Å². The second kappa shape index (κ2) is 6.19. The molecule has 0 heterocycles. The molecule has 2 aromatic carbocycles. The van der Waals surface area contributed by atoms with E-state index in [1.54, 1.807) is 32.4 Å². The summed E-state index contributed by atoms with van der Waals surface area (Å²) in [4.78, 5) is 0. The molecule has 0 amide bonds. The summed E-state index contributed by atoms with van der Waals surface area (Å²) >= 11 is 0. The summed E-state index contributed by atoms with van der Waals surface area (Å²) in [6.07, 6.45) is 0. The Labute approximate surface area is 119 Å². The molecule has 4 nitrogen and oxygen atoms in total. The van der Waals surface area contributed by atoms with Crippen molar-refractivity contribution < 1.29 is 14.6 Å². The second-order valence-electron chi connectivity index (χ2n) is 4.52.